The van der Waals surface area contributed by atoms with Crippen molar-refractivity contribution in [2.75, 3.05) is 0 Å². The maximum absolute atomic E-state index is 9.43. The Hall–Kier alpha value is -0.930. The van der Waals surface area contributed by atoms with Crippen LogP contribution in [0.4, 0.5) is 0 Å². The Balaban J connectivity index is 2.77. The molecule has 1 aromatic rings. The first-order valence-electron chi connectivity index (χ1n) is 3.55. The molecule has 0 aromatic carbocycles. The fourth-order valence-corrected chi connectivity index (χ4v) is 0.854. The number of hydrogen-bond acceptors (Lipinski definition) is 3. The van der Waals surface area contributed by atoms with E-state index in [0.717, 1.165) is 5.56 Å². The van der Waals surface area contributed by atoms with E-state index in [0.29, 0.717) is 0 Å². The number of nitrogens with zero attached hydrogens (tertiary/aromatic N) is 1. The van der Waals surface area contributed by atoms with Crippen LogP contribution in [-0.2, 0) is 0 Å². The van der Waals surface area contributed by atoms with E-state index in [1.165, 1.54) is 0 Å². The molecule has 60 valence electrons. The third kappa shape index (κ3) is 2.00. The second-order valence-electron chi connectivity index (χ2n) is 2.59. The molecule has 0 bridgehead atoms. The van der Waals surface area contributed by atoms with E-state index in [1.807, 2.05) is 0 Å². The van der Waals surface area contributed by atoms with Crippen LogP contribution in [0.3, 0.4) is 0 Å². The van der Waals surface area contributed by atoms with E-state index < -0.39 is 6.10 Å². The predicted molar refractivity (Wildman–Crippen MR) is 42.8 cm³/mol. The van der Waals surface area contributed by atoms with Crippen molar-refractivity contribution in [2.24, 2.45) is 5.73 Å². The number of aliphatic hydroxyl groups is 1. The molecule has 0 aliphatic rings. The molecular weight excluding hydrogens is 140 g/mol. The first-order valence-corrected chi connectivity index (χ1v) is 3.55. The Morgan fingerprint density at radius 1 is 1.64 bits per heavy atom. The standard InChI is InChI=1S/C8H12N2O/c1-6(9)8(11)7-3-2-4-10-5-7/h2-6,8,11H,9H2,1H3/t6-,8?/m0/s1. The summed E-state index contributed by atoms with van der Waals surface area (Å²) in [5, 5.41) is 9.43. The van der Waals surface area contributed by atoms with Crippen molar-refractivity contribution in [2.45, 2.75) is 19.1 Å². The number of aliphatic hydroxyl groups excluding tert-OH is 1. The largest absolute Gasteiger partial charge is 0.387 e. The quantitative estimate of drug-likeness (QED) is 0.647. The van der Waals surface area contributed by atoms with E-state index in [4.69, 9.17) is 5.73 Å². The Bertz CT molecular complexity index is 211. The lowest BCUT2D eigenvalue weighted by Crippen LogP contribution is -2.24. The molecule has 1 unspecified atom stereocenters. The topological polar surface area (TPSA) is 59.1 Å². The number of nitrogens with two attached hydrogens (primary N) is 1. The first kappa shape index (κ1) is 8.17. The molecule has 0 fully saturated rings. The summed E-state index contributed by atoms with van der Waals surface area (Å²) < 4.78 is 0. The fraction of sp³-hybridized carbons (Fsp3) is 0.375. The average molecular weight is 152 g/mol. The lowest BCUT2D eigenvalue weighted by molar-refractivity contribution is 0.153. The van der Waals surface area contributed by atoms with Crippen molar-refractivity contribution in [3.05, 3.63) is 30.1 Å². The monoisotopic (exact) mass is 152 g/mol. The van der Waals surface area contributed by atoms with E-state index in [2.05, 4.69) is 4.98 Å². The number of pyridine rings is 1. The van der Waals surface area contributed by atoms with Gasteiger partial charge in [-0.15, -0.1) is 0 Å². The Kier molecular flexibility index (Phi) is 2.57. The summed E-state index contributed by atoms with van der Waals surface area (Å²) in [5.74, 6) is 0. The second-order valence-corrected chi connectivity index (χ2v) is 2.59. The molecule has 0 spiro atoms. The van der Waals surface area contributed by atoms with E-state index in [-0.39, 0.29) is 6.04 Å². The van der Waals surface area contributed by atoms with Crippen LogP contribution < -0.4 is 5.73 Å². The van der Waals surface area contributed by atoms with Crippen LogP contribution in [0.25, 0.3) is 0 Å². The lowest BCUT2D eigenvalue weighted by atomic mass is 10.1. The maximum atomic E-state index is 9.43. The third-order valence-electron chi connectivity index (χ3n) is 1.52. The van der Waals surface area contributed by atoms with E-state index in [9.17, 15) is 5.11 Å². The van der Waals surface area contributed by atoms with Gasteiger partial charge in [0, 0.05) is 24.0 Å². The summed E-state index contributed by atoms with van der Waals surface area (Å²) in [6.07, 6.45) is 2.68. The van der Waals surface area contributed by atoms with Crippen molar-refractivity contribution in [3.63, 3.8) is 0 Å². The molecule has 3 N–H and O–H groups in total. The minimum absolute atomic E-state index is 0.251. The Labute approximate surface area is 65.9 Å². The second kappa shape index (κ2) is 3.46. The molecule has 0 amide bonds. The molecular formula is C8H12N2O. The van der Waals surface area contributed by atoms with Gasteiger partial charge in [0.25, 0.3) is 0 Å². The van der Waals surface area contributed by atoms with Gasteiger partial charge < -0.3 is 10.8 Å². The zero-order chi connectivity index (χ0) is 8.27. The minimum Gasteiger partial charge on any atom is -0.387 e. The van der Waals surface area contributed by atoms with E-state index >= 15 is 0 Å². The first-order chi connectivity index (χ1) is 5.22. The SMILES string of the molecule is C[C@H](N)C(O)c1cccnc1. The molecule has 0 saturated heterocycles. The highest BCUT2D eigenvalue weighted by Gasteiger charge is 2.10. The van der Waals surface area contributed by atoms with Crippen LogP contribution >= 0.6 is 0 Å². The van der Waals surface area contributed by atoms with Gasteiger partial charge in [-0.3, -0.25) is 4.98 Å². The Morgan fingerprint density at radius 2 is 2.36 bits per heavy atom. The number of aromatic nitrogens is 1. The predicted octanol–water partition coefficient (Wildman–Crippen LogP) is 0.462. The highest BCUT2D eigenvalue weighted by Crippen LogP contribution is 2.12. The van der Waals surface area contributed by atoms with Gasteiger partial charge >= 0.3 is 0 Å². The average Bonchev–Trinajstić information content (AvgIpc) is 2.05. The summed E-state index contributed by atoms with van der Waals surface area (Å²) in [5.41, 5.74) is 6.26. The molecule has 3 nitrogen and oxygen atoms in total. The van der Waals surface area contributed by atoms with Crippen LogP contribution in [0.1, 0.15) is 18.6 Å². The van der Waals surface area contributed by atoms with Gasteiger partial charge in [-0.1, -0.05) is 6.07 Å². The smallest absolute Gasteiger partial charge is 0.0952 e. The van der Waals surface area contributed by atoms with Crippen LogP contribution in [-0.4, -0.2) is 16.1 Å². The van der Waals surface area contributed by atoms with Gasteiger partial charge in [0.15, 0.2) is 0 Å². The molecule has 1 heterocycles. The molecule has 0 aliphatic carbocycles. The molecule has 0 radical (unpaired) electrons. The zero-order valence-corrected chi connectivity index (χ0v) is 6.44. The van der Waals surface area contributed by atoms with Crippen LogP contribution in [0.5, 0.6) is 0 Å². The molecule has 2 atom stereocenters. The van der Waals surface area contributed by atoms with Gasteiger partial charge in [0.1, 0.15) is 0 Å². The van der Waals surface area contributed by atoms with Gasteiger partial charge in [0.2, 0.25) is 0 Å². The molecule has 1 aromatic heterocycles. The molecule has 0 saturated carbocycles. The lowest BCUT2D eigenvalue weighted by Gasteiger charge is -2.13. The highest BCUT2D eigenvalue weighted by molar-refractivity contribution is 5.13. The third-order valence-corrected chi connectivity index (χ3v) is 1.52. The summed E-state index contributed by atoms with van der Waals surface area (Å²) in [4.78, 5) is 3.87. The summed E-state index contributed by atoms with van der Waals surface area (Å²) in [6.45, 7) is 1.76. The molecule has 11 heavy (non-hydrogen) atoms. The van der Waals surface area contributed by atoms with Crippen LogP contribution in [0, 0.1) is 0 Å². The van der Waals surface area contributed by atoms with Gasteiger partial charge in [0.05, 0.1) is 6.10 Å². The fourth-order valence-electron chi connectivity index (χ4n) is 0.854. The molecule has 0 aliphatic heterocycles. The maximum Gasteiger partial charge on any atom is 0.0952 e. The zero-order valence-electron chi connectivity index (χ0n) is 6.44. The van der Waals surface area contributed by atoms with Crippen molar-refractivity contribution in [1.29, 1.82) is 0 Å². The van der Waals surface area contributed by atoms with Crippen molar-refractivity contribution in [1.82, 2.24) is 4.98 Å². The number of hydrogen-bond donors (Lipinski definition) is 2. The van der Waals surface area contributed by atoms with Crippen molar-refractivity contribution < 1.29 is 5.11 Å². The normalized spacial score (nSPS) is 15.9. The summed E-state index contributed by atoms with van der Waals surface area (Å²) in [6, 6.07) is 3.33. The molecule has 3 heteroatoms. The van der Waals surface area contributed by atoms with Crippen molar-refractivity contribution in [3.8, 4) is 0 Å². The van der Waals surface area contributed by atoms with Crippen molar-refractivity contribution >= 4 is 0 Å². The highest BCUT2D eigenvalue weighted by atomic mass is 16.3. The van der Waals surface area contributed by atoms with Crippen LogP contribution in [0.15, 0.2) is 24.5 Å². The minimum atomic E-state index is -0.608. The van der Waals surface area contributed by atoms with E-state index in [1.54, 1.807) is 31.5 Å². The van der Waals surface area contributed by atoms with Gasteiger partial charge in [-0.2, -0.15) is 0 Å². The van der Waals surface area contributed by atoms with Crippen LogP contribution in [0.2, 0.25) is 0 Å². The van der Waals surface area contributed by atoms with Gasteiger partial charge in [-0.25, -0.2) is 0 Å². The Morgan fingerprint density at radius 3 is 2.82 bits per heavy atom. The molecule has 1 rings (SSSR count). The summed E-state index contributed by atoms with van der Waals surface area (Å²) >= 11 is 0. The number of rotatable bonds is 2. The summed E-state index contributed by atoms with van der Waals surface area (Å²) in [7, 11) is 0. The van der Waals surface area contributed by atoms with Gasteiger partial charge in [-0.05, 0) is 13.0 Å².